The van der Waals surface area contributed by atoms with E-state index in [0.29, 0.717) is 5.92 Å². The van der Waals surface area contributed by atoms with E-state index in [1.165, 1.54) is 11.6 Å². The number of guanidine groups is 1. The molecule has 0 aromatic heterocycles. The Morgan fingerprint density at radius 1 is 1.44 bits per heavy atom. The Hall–Kier alpha value is -1.81. The van der Waals surface area contributed by atoms with Crippen LogP contribution in [-0.2, 0) is 4.79 Å². The van der Waals surface area contributed by atoms with Crippen LogP contribution in [-0.4, -0.2) is 11.9 Å². The third-order valence-electron chi connectivity index (χ3n) is 2.26. The first-order chi connectivity index (χ1) is 7.99. The summed E-state index contributed by atoms with van der Waals surface area (Å²) in [5, 5.41) is 9.10. The third-order valence-corrected chi connectivity index (χ3v) is 2.26. The lowest BCUT2D eigenvalue weighted by Crippen LogP contribution is -2.34. The molecule has 1 aromatic carbocycles. The summed E-state index contributed by atoms with van der Waals surface area (Å²) in [6, 6.07) is 7.96. The van der Waals surface area contributed by atoms with Crippen molar-refractivity contribution in [2.45, 2.75) is 19.8 Å². The Balaban J connectivity index is 0.00000289. The van der Waals surface area contributed by atoms with Crippen LogP contribution in [0.1, 0.15) is 30.9 Å². The molecule has 0 atom stereocenters. The Bertz CT molecular complexity index is 455. The van der Waals surface area contributed by atoms with E-state index in [0.717, 1.165) is 5.56 Å². The van der Waals surface area contributed by atoms with Crippen LogP contribution in [0.15, 0.2) is 30.3 Å². The number of halogens is 1. The van der Waals surface area contributed by atoms with Crippen LogP contribution in [0.25, 0.3) is 6.08 Å². The summed E-state index contributed by atoms with van der Waals surface area (Å²) in [6.45, 7) is 4.23. The molecule has 4 N–H and O–H groups in total. The number of carbonyl (C=O) groups is 1. The van der Waals surface area contributed by atoms with Crippen LogP contribution in [0, 0.1) is 5.41 Å². The van der Waals surface area contributed by atoms with E-state index in [1.54, 1.807) is 6.08 Å². The molecule has 1 amide bonds. The van der Waals surface area contributed by atoms with Crippen LogP contribution >= 0.6 is 12.4 Å². The first kappa shape index (κ1) is 16.2. The summed E-state index contributed by atoms with van der Waals surface area (Å²) >= 11 is 0. The maximum Gasteiger partial charge on any atom is 0.250 e. The van der Waals surface area contributed by atoms with Crippen molar-refractivity contribution >= 4 is 30.3 Å². The molecule has 0 aliphatic carbocycles. The van der Waals surface area contributed by atoms with Gasteiger partial charge in [0.1, 0.15) is 0 Å². The number of rotatable bonds is 3. The normalized spacial score (nSPS) is 10.2. The molecule has 0 aliphatic rings. The molecule has 0 unspecified atom stereocenters. The number of hydrogen-bond acceptors (Lipinski definition) is 2. The van der Waals surface area contributed by atoms with Gasteiger partial charge < -0.3 is 5.73 Å². The Morgan fingerprint density at radius 3 is 2.67 bits per heavy atom. The molecule has 0 saturated heterocycles. The van der Waals surface area contributed by atoms with Gasteiger partial charge in [0.2, 0.25) is 0 Å². The van der Waals surface area contributed by atoms with E-state index in [-0.39, 0.29) is 18.4 Å². The van der Waals surface area contributed by atoms with Crippen molar-refractivity contribution in [1.29, 1.82) is 5.41 Å². The van der Waals surface area contributed by atoms with Crippen molar-refractivity contribution in [2.75, 3.05) is 0 Å². The molecule has 0 radical (unpaired) electrons. The van der Waals surface area contributed by atoms with Gasteiger partial charge in [-0.2, -0.15) is 0 Å². The fourth-order valence-electron chi connectivity index (χ4n) is 1.37. The summed E-state index contributed by atoms with van der Waals surface area (Å²) in [4.78, 5) is 11.2. The van der Waals surface area contributed by atoms with E-state index < -0.39 is 5.91 Å². The van der Waals surface area contributed by atoms with Gasteiger partial charge in [0.15, 0.2) is 5.96 Å². The van der Waals surface area contributed by atoms with Crippen molar-refractivity contribution < 1.29 is 4.79 Å². The zero-order valence-electron chi connectivity index (χ0n) is 10.4. The van der Waals surface area contributed by atoms with Gasteiger partial charge in [-0.3, -0.25) is 15.5 Å². The average molecular weight is 268 g/mol. The molecule has 0 fully saturated rings. The molecule has 0 spiro atoms. The highest BCUT2D eigenvalue weighted by Gasteiger charge is 1.99. The van der Waals surface area contributed by atoms with Crippen LogP contribution in [0.4, 0.5) is 0 Å². The second-order valence-electron chi connectivity index (χ2n) is 4.06. The van der Waals surface area contributed by atoms with Crippen molar-refractivity contribution in [1.82, 2.24) is 5.32 Å². The molecule has 5 heteroatoms. The van der Waals surface area contributed by atoms with Gasteiger partial charge in [-0.25, -0.2) is 0 Å². The lowest BCUT2D eigenvalue weighted by Gasteiger charge is -2.05. The number of amides is 1. The van der Waals surface area contributed by atoms with Crippen LogP contribution in [0.2, 0.25) is 0 Å². The molecule has 0 heterocycles. The average Bonchev–Trinajstić information content (AvgIpc) is 2.26. The fraction of sp³-hybridized carbons (Fsp3) is 0.231. The number of nitrogens with one attached hydrogen (secondary N) is 2. The van der Waals surface area contributed by atoms with Gasteiger partial charge in [0.25, 0.3) is 5.91 Å². The van der Waals surface area contributed by atoms with Crippen molar-refractivity contribution in [2.24, 2.45) is 5.73 Å². The second kappa shape index (κ2) is 7.50. The smallest absolute Gasteiger partial charge is 0.250 e. The lowest BCUT2D eigenvalue weighted by atomic mass is 10.0. The van der Waals surface area contributed by atoms with Gasteiger partial charge in [0, 0.05) is 6.08 Å². The largest absolute Gasteiger partial charge is 0.370 e. The van der Waals surface area contributed by atoms with E-state index in [1.807, 2.05) is 18.2 Å². The molecule has 0 saturated carbocycles. The summed E-state index contributed by atoms with van der Waals surface area (Å²) in [7, 11) is 0. The summed E-state index contributed by atoms with van der Waals surface area (Å²) in [5.41, 5.74) is 7.22. The number of hydrogen-bond donors (Lipinski definition) is 3. The zero-order chi connectivity index (χ0) is 12.8. The van der Waals surface area contributed by atoms with Crippen LogP contribution < -0.4 is 11.1 Å². The highest BCUT2D eigenvalue weighted by Crippen LogP contribution is 2.16. The van der Waals surface area contributed by atoms with Crippen molar-refractivity contribution in [3.05, 3.63) is 41.5 Å². The summed E-state index contributed by atoms with van der Waals surface area (Å²) in [5.74, 6) is -0.294. The first-order valence-electron chi connectivity index (χ1n) is 5.42. The van der Waals surface area contributed by atoms with E-state index in [4.69, 9.17) is 11.1 Å². The zero-order valence-corrected chi connectivity index (χ0v) is 11.3. The highest BCUT2D eigenvalue weighted by molar-refractivity contribution is 6.02. The van der Waals surface area contributed by atoms with Gasteiger partial charge >= 0.3 is 0 Å². The SMILES string of the molecule is CC(C)c1cccc(C=CC(=O)NC(=N)N)c1.Cl. The van der Waals surface area contributed by atoms with Gasteiger partial charge in [-0.1, -0.05) is 38.1 Å². The van der Waals surface area contributed by atoms with Crippen molar-refractivity contribution in [3.63, 3.8) is 0 Å². The quantitative estimate of drug-likeness (QED) is 0.446. The van der Waals surface area contributed by atoms with Gasteiger partial charge in [0.05, 0.1) is 0 Å². The maximum absolute atomic E-state index is 11.2. The fourth-order valence-corrected chi connectivity index (χ4v) is 1.37. The third kappa shape index (κ3) is 5.50. The molecular weight excluding hydrogens is 250 g/mol. The minimum absolute atomic E-state index is 0. The molecule has 18 heavy (non-hydrogen) atoms. The monoisotopic (exact) mass is 267 g/mol. The summed E-state index contributed by atoms with van der Waals surface area (Å²) < 4.78 is 0. The minimum Gasteiger partial charge on any atom is -0.370 e. The number of carbonyl (C=O) groups excluding carboxylic acids is 1. The standard InChI is InChI=1S/C13H17N3O.ClH/c1-9(2)11-5-3-4-10(8-11)6-7-12(17)16-13(14)15;/h3-9H,1-2H3,(H4,14,15,16,17);1H. The Morgan fingerprint density at radius 2 is 2.11 bits per heavy atom. The minimum atomic E-state index is -0.396. The predicted molar refractivity (Wildman–Crippen MR) is 76.9 cm³/mol. The van der Waals surface area contributed by atoms with Crippen molar-refractivity contribution in [3.8, 4) is 0 Å². The summed E-state index contributed by atoms with van der Waals surface area (Å²) in [6.07, 6.45) is 3.06. The molecular formula is C13H18ClN3O. The Labute approximate surface area is 113 Å². The highest BCUT2D eigenvalue weighted by atomic mass is 35.5. The number of benzene rings is 1. The molecule has 98 valence electrons. The molecule has 0 bridgehead atoms. The van der Waals surface area contributed by atoms with Crippen LogP contribution in [0.5, 0.6) is 0 Å². The van der Waals surface area contributed by atoms with Gasteiger partial charge in [-0.05, 0) is 23.1 Å². The number of nitrogens with two attached hydrogens (primary N) is 1. The predicted octanol–water partition coefficient (Wildman–Crippen LogP) is 2.25. The van der Waals surface area contributed by atoms with E-state index in [9.17, 15) is 4.79 Å². The van der Waals surface area contributed by atoms with E-state index in [2.05, 4.69) is 25.2 Å². The second-order valence-corrected chi connectivity index (χ2v) is 4.06. The Kier molecular flexibility index (Phi) is 6.75. The molecule has 1 aromatic rings. The lowest BCUT2D eigenvalue weighted by molar-refractivity contribution is -0.115. The maximum atomic E-state index is 11.2. The topological polar surface area (TPSA) is 79.0 Å². The molecule has 4 nitrogen and oxygen atoms in total. The van der Waals surface area contributed by atoms with E-state index >= 15 is 0 Å². The first-order valence-corrected chi connectivity index (χ1v) is 5.42. The van der Waals surface area contributed by atoms with Crippen LogP contribution in [0.3, 0.4) is 0 Å². The molecule has 0 aliphatic heterocycles. The van der Waals surface area contributed by atoms with Gasteiger partial charge in [-0.15, -0.1) is 12.4 Å². The molecule has 1 rings (SSSR count).